The largest absolute Gasteiger partial charge is 0.462 e. The molecule has 0 spiro atoms. The summed E-state index contributed by atoms with van der Waals surface area (Å²) < 4.78 is 16.7. The number of hydrogen-bond donors (Lipinski definition) is 0. The van der Waals surface area contributed by atoms with Gasteiger partial charge in [0.25, 0.3) is 0 Å². The monoisotopic (exact) mass is 963 g/mol. The zero-order valence-electron chi connectivity index (χ0n) is 45.6. The van der Waals surface area contributed by atoms with Crippen LogP contribution in [-0.4, -0.2) is 37.2 Å². The van der Waals surface area contributed by atoms with Crippen LogP contribution in [0.3, 0.4) is 0 Å². The van der Waals surface area contributed by atoms with Crippen LogP contribution in [0, 0.1) is 0 Å². The number of rotatable bonds is 53. The van der Waals surface area contributed by atoms with Gasteiger partial charge in [-0.1, -0.05) is 273 Å². The van der Waals surface area contributed by atoms with Gasteiger partial charge in [-0.05, 0) is 70.6 Å². The fourth-order valence-electron chi connectivity index (χ4n) is 8.34. The first kappa shape index (κ1) is 65.8. The summed E-state index contributed by atoms with van der Waals surface area (Å²) in [5, 5.41) is 0. The topological polar surface area (TPSA) is 78.9 Å². The third-order valence-corrected chi connectivity index (χ3v) is 12.7. The minimum atomic E-state index is -0.826. The van der Waals surface area contributed by atoms with Crippen LogP contribution in [0.4, 0.5) is 0 Å². The first-order valence-corrected chi connectivity index (χ1v) is 29.4. The van der Waals surface area contributed by atoms with Crippen molar-refractivity contribution in [3.05, 3.63) is 72.9 Å². The maximum atomic E-state index is 12.7. The van der Waals surface area contributed by atoms with Crippen molar-refractivity contribution in [3.63, 3.8) is 0 Å². The summed E-state index contributed by atoms with van der Waals surface area (Å²) >= 11 is 0. The standard InChI is InChI=1S/C63H110O6/c1-4-7-10-13-16-19-21-23-25-26-27-28-29-30-31-32-33-34-35-36-38-39-41-44-47-50-53-56-62(65)68-59-60(58-67-61(64)55-52-49-46-43-18-15-12-9-6-3)69-63(66)57-54-51-48-45-42-40-37-24-22-20-17-14-11-8-5-2/h8,11,17,20,24,26-27,37,42,45,51,54,60H,4-7,9-10,12-16,18-19,21-23,25,28-36,38-41,43-44,46-50,52-53,55-59H2,1-3H3/b11-8-,20-17-,27-26-,37-24-,45-42-,54-51-. The van der Waals surface area contributed by atoms with Crippen molar-refractivity contribution in [3.8, 4) is 0 Å². The van der Waals surface area contributed by atoms with E-state index in [1.54, 1.807) is 6.08 Å². The summed E-state index contributed by atoms with van der Waals surface area (Å²) in [6.07, 6.45) is 73.8. The Morgan fingerprint density at radius 3 is 0.942 bits per heavy atom. The Labute approximate surface area is 427 Å². The SMILES string of the molecule is CC/C=C\C/C=C\C/C=C\C/C=C\C/C=C\CC(=O)OC(COC(=O)CCCCCCCCCCC)COC(=O)CCCCCCCCCCCCCCCCC/C=C\CCCCCCCCCC. The van der Waals surface area contributed by atoms with E-state index in [9.17, 15) is 14.4 Å². The van der Waals surface area contributed by atoms with Gasteiger partial charge in [0, 0.05) is 12.8 Å². The van der Waals surface area contributed by atoms with E-state index in [0.29, 0.717) is 12.8 Å². The fourth-order valence-corrected chi connectivity index (χ4v) is 8.34. The van der Waals surface area contributed by atoms with Crippen LogP contribution in [0.5, 0.6) is 0 Å². The minimum Gasteiger partial charge on any atom is -0.462 e. The first-order valence-electron chi connectivity index (χ1n) is 29.4. The fraction of sp³-hybridized carbons (Fsp3) is 0.762. The van der Waals surface area contributed by atoms with Crippen LogP contribution in [0.2, 0.25) is 0 Å². The van der Waals surface area contributed by atoms with Crippen LogP contribution in [-0.2, 0) is 28.6 Å². The Morgan fingerprint density at radius 1 is 0.319 bits per heavy atom. The molecule has 0 radical (unpaired) electrons. The van der Waals surface area contributed by atoms with Crippen LogP contribution in [0.1, 0.15) is 290 Å². The smallest absolute Gasteiger partial charge is 0.310 e. The minimum absolute atomic E-state index is 0.0996. The summed E-state index contributed by atoms with van der Waals surface area (Å²) in [5.41, 5.74) is 0. The Hall–Kier alpha value is -3.15. The highest BCUT2D eigenvalue weighted by atomic mass is 16.6. The van der Waals surface area contributed by atoms with Crippen LogP contribution < -0.4 is 0 Å². The van der Waals surface area contributed by atoms with Crippen molar-refractivity contribution < 1.29 is 28.6 Å². The lowest BCUT2D eigenvalue weighted by molar-refractivity contribution is -0.166. The van der Waals surface area contributed by atoms with Crippen molar-refractivity contribution in [2.45, 2.75) is 297 Å². The number of ether oxygens (including phenoxy) is 3. The van der Waals surface area contributed by atoms with Gasteiger partial charge in [0.05, 0.1) is 6.42 Å². The van der Waals surface area contributed by atoms with Gasteiger partial charge in [0.2, 0.25) is 0 Å². The van der Waals surface area contributed by atoms with Crippen molar-refractivity contribution in [2.75, 3.05) is 13.2 Å². The van der Waals surface area contributed by atoms with Gasteiger partial charge < -0.3 is 14.2 Å². The zero-order valence-corrected chi connectivity index (χ0v) is 45.6. The van der Waals surface area contributed by atoms with Crippen LogP contribution in [0.15, 0.2) is 72.9 Å². The predicted octanol–water partition coefficient (Wildman–Crippen LogP) is 19.8. The van der Waals surface area contributed by atoms with Gasteiger partial charge in [-0.2, -0.15) is 0 Å². The molecule has 6 nitrogen and oxygen atoms in total. The highest BCUT2D eigenvalue weighted by Crippen LogP contribution is 2.16. The molecule has 0 heterocycles. The summed E-state index contributed by atoms with van der Waals surface area (Å²) in [7, 11) is 0. The molecule has 0 aromatic heterocycles. The molecule has 6 heteroatoms. The average molecular weight is 964 g/mol. The quantitative estimate of drug-likeness (QED) is 0.0262. The van der Waals surface area contributed by atoms with E-state index in [1.807, 2.05) is 6.08 Å². The lowest BCUT2D eigenvalue weighted by Gasteiger charge is -2.18. The normalized spacial score (nSPS) is 12.6. The second-order valence-electron chi connectivity index (χ2n) is 19.5. The number of carbonyl (C=O) groups is 3. The van der Waals surface area contributed by atoms with Gasteiger partial charge >= 0.3 is 17.9 Å². The second kappa shape index (κ2) is 57.4. The number of esters is 3. The van der Waals surface area contributed by atoms with E-state index >= 15 is 0 Å². The molecule has 0 N–H and O–H groups in total. The molecule has 1 unspecified atom stereocenters. The summed E-state index contributed by atoms with van der Waals surface area (Å²) in [6, 6.07) is 0. The van der Waals surface area contributed by atoms with Gasteiger partial charge in [0.1, 0.15) is 13.2 Å². The van der Waals surface area contributed by atoms with E-state index in [1.165, 1.54) is 180 Å². The molecule has 0 bridgehead atoms. The van der Waals surface area contributed by atoms with Gasteiger partial charge in [-0.3, -0.25) is 14.4 Å². The molecule has 0 fully saturated rings. The summed E-state index contributed by atoms with van der Waals surface area (Å²) in [6.45, 7) is 6.44. The maximum absolute atomic E-state index is 12.7. The third-order valence-electron chi connectivity index (χ3n) is 12.7. The van der Waals surface area contributed by atoms with E-state index in [2.05, 4.69) is 81.5 Å². The average Bonchev–Trinajstić information content (AvgIpc) is 3.35. The molecule has 0 aliphatic heterocycles. The van der Waals surface area contributed by atoms with E-state index < -0.39 is 12.1 Å². The first-order chi connectivity index (χ1) is 34.0. The molecule has 0 saturated heterocycles. The number of carbonyl (C=O) groups excluding carboxylic acids is 3. The van der Waals surface area contributed by atoms with Crippen molar-refractivity contribution in [1.82, 2.24) is 0 Å². The highest BCUT2D eigenvalue weighted by molar-refractivity contribution is 5.72. The molecule has 0 rings (SSSR count). The van der Waals surface area contributed by atoms with Crippen molar-refractivity contribution in [1.29, 1.82) is 0 Å². The highest BCUT2D eigenvalue weighted by Gasteiger charge is 2.19. The molecule has 0 aromatic rings. The lowest BCUT2D eigenvalue weighted by Crippen LogP contribution is -2.30. The molecule has 0 saturated carbocycles. The third kappa shape index (κ3) is 55.6. The van der Waals surface area contributed by atoms with Gasteiger partial charge in [-0.15, -0.1) is 0 Å². The van der Waals surface area contributed by atoms with Crippen LogP contribution >= 0.6 is 0 Å². The number of hydrogen-bond acceptors (Lipinski definition) is 6. The second-order valence-corrected chi connectivity index (χ2v) is 19.5. The summed E-state index contributed by atoms with van der Waals surface area (Å²) in [4.78, 5) is 37.9. The van der Waals surface area contributed by atoms with E-state index in [-0.39, 0.29) is 31.6 Å². The predicted molar refractivity (Wildman–Crippen MR) is 298 cm³/mol. The van der Waals surface area contributed by atoms with Crippen molar-refractivity contribution in [2.24, 2.45) is 0 Å². The maximum Gasteiger partial charge on any atom is 0.310 e. The number of allylic oxidation sites excluding steroid dienone is 11. The zero-order chi connectivity index (χ0) is 50.0. The van der Waals surface area contributed by atoms with Crippen molar-refractivity contribution >= 4 is 17.9 Å². The molecule has 0 amide bonds. The Morgan fingerprint density at radius 2 is 0.609 bits per heavy atom. The molecular formula is C63H110O6. The van der Waals surface area contributed by atoms with E-state index in [0.717, 1.165) is 70.6 Å². The Bertz CT molecular complexity index is 1290. The van der Waals surface area contributed by atoms with Crippen LogP contribution in [0.25, 0.3) is 0 Å². The molecular weight excluding hydrogens is 853 g/mol. The number of unbranched alkanes of at least 4 members (excludes halogenated alkanes) is 31. The van der Waals surface area contributed by atoms with E-state index in [4.69, 9.17) is 14.2 Å². The molecule has 0 aromatic carbocycles. The Balaban J connectivity index is 4.21. The Kier molecular flexibility index (Phi) is 54.8. The molecule has 69 heavy (non-hydrogen) atoms. The van der Waals surface area contributed by atoms with Gasteiger partial charge in [0.15, 0.2) is 6.10 Å². The molecule has 398 valence electrons. The molecule has 0 aliphatic rings. The molecule has 1 atom stereocenters. The lowest BCUT2D eigenvalue weighted by atomic mass is 10.0. The molecule has 0 aliphatic carbocycles. The van der Waals surface area contributed by atoms with Gasteiger partial charge in [-0.25, -0.2) is 0 Å². The summed E-state index contributed by atoms with van der Waals surface area (Å²) in [5.74, 6) is -1.04.